The Hall–Kier alpha value is -0.560. The summed E-state index contributed by atoms with van der Waals surface area (Å²) in [5.74, 6) is 0. The second kappa shape index (κ2) is 7.13. The van der Waals surface area contributed by atoms with Crippen molar-refractivity contribution in [1.82, 2.24) is 4.72 Å². The lowest BCUT2D eigenvalue weighted by molar-refractivity contribution is 0.423. The van der Waals surface area contributed by atoms with Crippen molar-refractivity contribution < 1.29 is 8.42 Å². The van der Waals surface area contributed by atoms with Gasteiger partial charge in [-0.1, -0.05) is 25.0 Å². The molecule has 1 aromatic rings. The van der Waals surface area contributed by atoms with Crippen LogP contribution in [0, 0.1) is 6.92 Å². The topological polar surface area (TPSA) is 72.2 Å². The molecule has 21 heavy (non-hydrogen) atoms. The van der Waals surface area contributed by atoms with E-state index in [0.717, 1.165) is 30.4 Å². The Morgan fingerprint density at radius 2 is 2.05 bits per heavy atom. The molecule has 6 heteroatoms. The van der Waals surface area contributed by atoms with E-state index >= 15 is 0 Å². The quantitative estimate of drug-likeness (QED) is 0.870. The van der Waals surface area contributed by atoms with Crippen molar-refractivity contribution in [3.8, 4) is 0 Å². The highest BCUT2D eigenvalue weighted by Gasteiger charge is 2.29. The summed E-state index contributed by atoms with van der Waals surface area (Å²) in [7, 11) is -3.49. The molecule has 2 rings (SSSR count). The highest BCUT2D eigenvalue weighted by atomic mass is 32.2. The molecule has 1 saturated carbocycles. The molecule has 1 aliphatic rings. The third-order valence-corrected chi connectivity index (χ3v) is 7.02. The molecule has 1 fully saturated rings. The van der Waals surface area contributed by atoms with Crippen molar-refractivity contribution in [2.45, 2.75) is 55.3 Å². The average Bonchev–Trinajstić information content (AvgIpc) is 2.47. The lowest BCUT2D eigenvalue weighted by Crippen LogP contribution is -2.43. The summed E-state index contributed by atoms with van der Waals surface area (Å²) in [5.41, 5.74) is 7.30. The smallest absolute Gasteiger partial charge is 0.241 e. The summed E-state index contributed by atoms with van der Waals surface area (Å²) in [6, 6.07) is 5.32. The molecule has 4 nitrogen and oxygen atoms in total. The first-order chi connectivity index (χ1) is 9.99. The van der Waals surface area contributed by atoms with E-state index in [1.54, 1.807) is 23.9 Å². The molecule has 1 aromatic carbocycles. The first-order valence-electron chi connectivity index (χ1n) is 7.33. The standard InChI is InChI=1S/C15H24N2O2S2/c1-11-12(10-16)6-5-9-15(11)21(18,19)17-13-7-3-4-8-14(13)20-2/h5-6,9,13-14,17H,3-4,7-8,10,16H2,1-2H3. The van der Waals surface area contributed by atoms with Crippen LogP contribution in [-0.4, -0.2) is 26.0 Å². The molecule has 0 amide bonds. The normalized spacial score (nSPS) is 23.2. The first kappa shape index (κ1) is 16.8. The molecule has 0 bridgehead atoms. The van der Waals surface area contributed by atoms with Crippen LogP contribution >= 0.6 is 11.8 Å². The maximum absolute atomic E-state index is 12.7. The molecule has 0 spiro atoms. The van der Waals surface area contributed by atoms with Gasteiger partial charge in [0.25, 0.3) is 0 Å². The number of nitrogens with two attached hydrogens (primary N) is 1. The van der Waals surface area contributed by atoms with E-state index in [4.69, 9.17) is 5.73 Å². The Bertz CT molecular complexity index is 587. The zero-order valence-electron chi connectivity index (χ0n) is 12.6. The monoisotopic (exact) mass is 328 g/mol. The number of sulfonamides is 1. The lowest BCUT2D eigenvalue weighted by atomic mass is 9.96. The van der Waals surface area contributed by atoms with Gasteiger partial charge in [-0.3, -0.25) is 0 Å². The second-order valence-corrected chi connectivity index (χ2v) is 8.29. The molecule has 1 aliphatic carbocycles. The maximum Gasteiger partial charge on any atom is 0.241 e. The van der Waals surface area contributed by atoms with Gasteiger partial charge in [0.1, 0.15) is 0 Å². The second-order valence-electron chi connectivity index (χ2n) is 5.53. The summed E-state index contributed by atoms with van der Waals surface area (Å²) in [5, 5.41) is 0.367. The highest BCUT2D eigenvalue weighted by molar-refractivity contribution is 7.99. The molecule has 3 N–H and O–H groups in total. The Morgan fingerprint density at radius 1 is 1.33 bits per heavy atom. The minimum absolute atomic E-state index is 0.0275. The predicted octanol–water partition coefficient (Wildman–Crippen LogP) is 2.41. The van der Waals surface area contributed by atoms with E-state index in [0.29, 0.717) is 16.7 Å². The van der Waals surface area contributed by atoms with Gasteiger partial charge in [-0.25, -0.2) is 13.1 Å². The van der Waals surface area contributed by atoms with Crippen LogP contribution in [0.25, 0.3) is 0 Å². The zero-order valence-corrected chi connectivity index (χ0v) is 14.3. The van der Waals surface area contributed by atoms with Crippen molar-refractivity contribution >= 4 is 21.8 Å². The van der Waals surface area contributed by atoms with Gasteiger partial charge in [-0.2, -0.15) is 11.8 Å². The van der Waals surface area contributed by atoms with Crippen molar-refractivity contribution in [3.63, 3.8) is 0 Å². The van der Waals surface area contributed by atoms with Crippen LogP contribution < -0.4 is 10.5 Å². The SMILES string of the molecule is CSC1CCCCC1NS(=O)(=O)c1cccc(CN)c1C. The molecule has 0 saturated heterocycles. The first-order valence-corrected chi connectivity index (χ1v) is 10.1. The zero-order chi connectivity index (χ0) is 15.5. The number of hydrogen-bond donors (Lipinski definition) is 2. The third-order valence-electron chi connectivity index (χ3n) is 4.22. The van der Waals surface area contributed by atoms with E-state index in [2.05, 4.69) is 11.0 Å². The Labute approximate surface area is 131 Å². The van der Waals surface area contributed by atoms with E-state index in [1.165, 1.54) is 6.42 Å². The van der Waals surface area contributed by atoms with Crippen LogP contribution in [0.5, 0.6) is 0 Å². The molecule has 2 unspecified atom stereocenters. The van der Waals surface area contributed by atoms with Crippen molar-refractivity contribution in [1.29, 1.82) is 0 Å². The minimum Gasteiger partial charge on any atom is -0.326 e. The third kappa shape index (κ3) is 3.80. The van der Waals surface area contributed by atoms with E-state index < -0.39 is 10.0 Å². The molecule has 0 aromatic heterocycles. The van der Waals surface area contributed by atoms with Crippen LogP contribution in [0.2, 0.25) is 0 Å². The minimum atomic E-state index is -3.49. The highest BCUT2D eigenvalue weighted by Crippen LogP contribution is 2.29. The summed E-state index contributed by atoms with van der Waals surface area (Å²) in [6.07, 6.45) is 6.33. The number of nitrogens with one attached hydrogen (secondary N) is 1. The molecular weight excluding hydrogens is 304 g/mol. The van der Waals surface area contributed by atoms with Gasteiger partial charge in [0.15, 0.2) is 0 Å². The van der Waals surface area contributed by atoms with Crippen LogP contribution in [-0.2, 0) is 16.6 Å². The average molecular weight is 329 g/mol. The molecule has 0 heterocycles. The fraction of sp³-hybridized carbons (Fsp3) is 0.600. The lowest BCUT2D eigenvalue weighted by Gasteiger charge is -2.30. The number of rotatable bonds is 5. The van der Waals surface area contributed by atoms with E-state index in [1.807, 2.05) is 13.0 Å². The van der Waals surface area contributed by atoms with Crippen molar-refractivity contribution in [2.24, 2.45) is 5.73 Å². The maximum atomic E-state index is 12.7. The molecule has 0 aliphatic heterocycles. The van der Waals surface area contributed by atoms with E-state index in [-0.39, 0.29) is 6.04 Å². The molecule has 2 atom stereocenters. The van der Waals surface area contributed by atoms with Gasteiger partial charge in [-0.05, 0) is 43.2 Å². The van der Waals surface area contributed by atoms with Gasteiger partial charge >= 0.3 is 0 Å². The Balaban J connectivity index is 2.26. The van der Waals surface area contributed by atoms with Crippen LogP contribution in [0.3, 0.4) is 0 Å². The fourth-order valence-corrected chi connectivity index (χ4v) is 5.57. The summed E-state index contributed by atoms with van der Waals surface area (Å²) in [6.45, 7) is 2.18. The van der Waals surface area contributed by atoms with Gasteiger partial charge in [0.2, 0.25) is 10.0 Å². The largest absolute Gasteiger partial charge is 0.326 e. The molecule has 0 radical (unpaired) electrons. The molecule has 118 valence electrons. The van der Waals surface area contributed by atoms with E-state index in [9.17, 15) is 8.42 Å². The van der Waals surface area contributed by atoms with Crippen molar-refractivity contribution in [2.75, 3.05) is 6.26 Å². The molecular formula is C15H24N2O2S2. The summed E-state index contributed by atoms with van der Waals surface area (Å²) < 4.78 is 28.3. The van der Waals surface area contributed by atoms with Gasteiger partial charge in [-0.15, -0.1) is 0 Å². The number of benzene rings is 1. The summed E-state index contributed by atoms with van der Waals surface area (Å²) >= 11 is 1.75. The van der Waals surface area contributed by atoms with Crippen LogP contribution in [0.1, 0.15) is 36.8 Å². The summed E-state index contributed by atoms with van der Waals surface area (Å²) in [4.78, 5) is 0.357. The Morgan fingerprint density at radius 3 is 2.71 bits per heavy atom. The van der Waals surface area contributed by atoms with Crippen LogP contribution in [0.4, 0.5) is 0 Å². The van der Waals surface area contributed by atoms with Crippen molar-refractivity contribution in [3.05, 3.63) is 29.3 Å². The van der Waals surface area contributed by atoms with Crippen LogP contribution in [0.15, 0.2) is 23.1 Å². The van der Waals surface area contributed by atoms with Gasteiger partial charge in [0, 0.05) is 17.8 Å². The van der Waals surface area contributed by atoms with Gasteiger partial charge < -0.3 is 5.73 Å². The van der Waals surface area contributed by atoms with Gasteiger partial charge in [0.05, 0.1) is 4.90 Å². The number of thioether (sulfide) groups is 1. The number of hydrogen-bond acceptors (Lipinski definition) is 4. The Kier molecular flexibility index (Phi) is 5.71. The fourth-order valence-electron chi connectivity index (χ4n) is 2.95. The predicted molar refractivity (Wildman–Crippen MR) is 89.0 cm³/mol.